The molecular weight excluding hydrogens is 626 g/mol. The highest BCUT2D eigenvalue weighted by Gasteiger charge is 2.55. The number of hydrogen-bond acceptors (Lipinski definition) is 8. The number of carbonyl (C=O) groups excluding carboxylic acids is 4. The summed E-state index contributed by atoms with van der Waals surface area (Å²) in [5.41, 5.74) is 4.86. The summed E-state index contributed by atoms with van der Waals surface area (Å²) in [6, 6.07) is 21.6. The summed E-state index contributed by atoms with van der Waals surface area (Å²) >= 11 is 0. The molecule has 0 aromatic heterocycles. The first-order valence-electron chi connectivity index (χ1n) is 16.2. The van der Waals surface area contributed by atoms with E-state index < -0.39 is 30.1 Å². The molecule has 11 heteroatoms. The van der Waals surface area contributed by atoms with E-state index in [2.05, 4.69) is 10.6 Å². The maximum absolute atomic E-state index is 13.5. The van der Waals surface area contributed by atoms with E-state index >= 15 is 0 Å². The Labute approximate surface area is 284 Å². The van der Waals surface area contributed by atoms with Gasteiger partial charge in [-0.3, -0.25) is 14.4 Å². The Morgan fingerprint density at radius 2 is 1.65 bits per heavy atom. The van der Waals surface area contributed by atoms with Crippen LogP contribution in [0.15, 0.2) is 90.5 Å². The quantitative estimate of drug-likeness (QED) is 0.222. The highest BCUT2D eigenvalue weighted by molar-refractivity contribution is 5.95. The first kappa shape index (κ1) is 33.8. The highest BCUT2D eigenvalue weighted by Crippen LogP contribution is 2.45. The van der Waals surface area contributed by atoms with Gasteiger partial charge in [-0.1, -0.05) is 48.5 Å². The van der Waals surface area contributed by atoms with E-state index in [0.717, 1.165) is 22.3 Å². The number of aliphatic hydroxyl groups excluding tert-OH is 1. The normalized spacial score (nSPS) is 20.3. The smallest absolute Gasteiger partial charge is 0.338 e. The van der Waals surface area contributed by atoms with Crippen LogP contribution in [0, 0.1) is 0 Å². The Hall–Kier alpha value is -5.10. The number of nitrogens with zero attached hydrogens (tertiary/aromatic N) is 1. The lowest BCUT2D eigenvalue weighted by atomic mass is 9.91. The highest BCUT2D eigenvalue weighted by atomic mass is 16.8. The van der Waals surface area contributed by atoms with Gasteiger partial charge in [-0.15, -0.1) is 0 Å². The lowest BCUT2D eigenvalue weighted by molar-refractivity contribution is -0.172. The standard InChI is InChI=1S/C38H39N3O8/c1-41(2)33(43)15-12-24-10-13-26(14-11-24)37(46)47-31-19-30(36(45)40-23-25-6-5-9-27(18-25)35(44)39-16-17-42)20-32-34(31)49-38(48-32)21-28-7-3-4-8-29(28)22-38/h3-15,18,20,31-32,34,42H,16-17,19,21-23H2,1-2H3,(H,39,44)(H,40,45)/t31-,32-,34+/m1/s1. The molecule has 2 aliphatic carbocycles. The molecule has 0 unspecified atom stereocenters. The minimum Gasteiger partial charge on any atom is -0.456 e. The number of likely N-dealkylation sites (N-methyl/N-ethyl adjacent to an activating group) is 1. The van der Waals surface area contributed by atoms with Crippen LogP contribution in [-0.2, 0) is 43.2 Å². The molecular formula is C38H39N3O8. The summed E-state index contributed by atoms with van der Waals surface area (Å²) < 4.78 is 19.2. The zero-order valence-corrected chi connectivity index (χ0v) is 27.4. The second kappa shape index (κ2) is 14.6. The van der Waals surface area contributed by atoms with Gasteiger partial charge in [0, 0.05) is 63.7 Å². The molecule has 1 saturated heterocycles. The van der Waals surface area contributed by atoms with Crippen molar-refractivity contribution in [3.63, 3.8) is 0 Å². The van der Waals surface area contributed by atoms with Gasteiger partial charge in [0.15, 0.2) is 5.79 Å². The van der Waals surface area contributed by atoms with Crippen LogP contribution >= 0.6 is 0 Å². The van der Waals surface area contributed by atoms with Crippen molar-refractivity contribution in [3.8, 4) is 0 Å². The minimum atomic E-state index is -0.929. The topological polar surface area (TPSA) is 144 Å². The van der Waals surface area contributed by atoms with Crippen molar-refractivity contribution >= 4 is 29.8 Å². The molecule has 1 aliphatic heterocycles. The van der Waals surface area contributed by atoms with Crippen molar-refractivity contribution in [2.45, 2.75) is 49.9 Å². The predicted octanol–water partition coefficient (Wildman–Crippen LogP) is 2.96. The second-order valence-corrected chi connectivity index (χ2v) is 12.6. The fourth-order valence-corrected chi connectivity index (χ4v) is 6.30. The number of rotatable bonds is 10. The molecule has 6 rings (SSSR count). The molecule has 0 saturated carbocycles. The number of fused-ring (bicyclic) bond motifs is 2. The number of carbonyl (C=O) groups is 4. The Morgan fingerprint density at radius 1 is 0.918 bits per heavy atom. The van der Waals surface area contributed by atoms with Gasteiger partial charge in [0.2, 0.25) is 11.8 Å². The minimum absolute atomic E-state index is 0.113. The van der Waals surface area contributed by atoms with Crippen molar-refractivity contribution in [2.24, 2.45) is 0 Å². The van der Waals surface area contributed by atoms with Crippen LogP contribution in [0.4, 0.5) is 0 Å². The zero-order chi connectivity index (χ0) is 34.5. The molecule has 3 aromatic rings. The van der Waals surface area contributed by atoms with Crippen LogP contribution in [0.2, 0.25) is 0 Å². The number of aliphatic hydroxyl groups is 1. The molecule has 49 heavy (non-hydrogen) atoms. The van der Waals surface area contributed by atoms with Crippen LogP contribution in [0.3, 0.4) is 0 Å². The predicted molar refractivity (Wildman–Crippen MR) is 180 cm³/mol. The van der Waals surface area contributed by atoms with E-state index in [-0.39, 0.29) is 43.8 Å². The van der Waals surface area contributed by atoms with Gasteiger partial charge < -0.3 is 34.9 Å². The summed E-state index contributed by atoms with van der Waals surface area (Å²) in [5, 5.41) is 14.5. The van der Waals surface area contributed by atoms with Gasteiger partial charge in [-0.2, -0.15) is 0 Å². The Kier molecular flexibility index (Phi) is 10.0. The van der Waals surface area contributed by atoms with Crippen LogP contribution in [0.1, 0.15) is 49.4 Å². The maximum atomic E-state index is 13.5. The van der Waals surface area contributed by atoms with Crippen LogP contribution in [0.5, 0.6) is 0 Å². The largest absolute Gasteiger partial charge is 0.456 e. The van der Waals surface area contributed by atoms with Gasteiger partial charge in [0.1, 0.15) is 18.3 Å². The van der Waals surface area contributed by atoms with Crippen molar-refractivity contribution in [3.05, 3.63) is 124 Å². The molecule has 3 amide bonds. The van der Waals surface area contributed by atoms with Crippen molar-refractivity contribution < 1.29 is 38.5 Å². The first-order valence-corrected chi connectivity index (χ1v) is 16.2. The molecule has 0 radical (unpaired) electrons. The first-order chi connectivity index (χ1) is 23.6. The van der Waals surface area contributed by atoms with E-state index in [1.54, 1.807) is 74.8 Å². The second-order valence-electron chi connectivity index (χ2n) is 12.6. The number of ether oxygens (including phenoxy) is 3. The lowest BCUT2D eigenvalue weighted by Crippen LogP contribution is -2.43. The number of benzene rings is 3. The number of esters is 1. The number of amides is 3. The molecule has 11 nitrogen and oxygen atoms in total. The van der Waals surface area contributed by atoms with E-state index in [9.17, 15) is 19.2 Å². The summed E-state index contributed by atoms with van der Waals surface area (Å²) in [6.45, 7) is 0.137. The average Bonchev–Trinajstić information content (AvgIpc) is 3.66. The average molecular weight is 666 g/mol. The van der Waals surface area contributed by atoms with Crippen molar-refractivity contribution in [1.29, 1.82) is 0 Å². The third-order valence-corrected chi connectivity index (χ3v) is 8.81. The fourth-order valence-electron chi connectivity index (χ4n) is 6.30. The Morgan fingerprint density at radius 3 is 2.35 bits per heavy atom. The van der Waals surface area contributed by atoms with E-state index in [1.807, 2.05) is 24.3 Å². The molecule has 3 aromatic carbocycles. The monoisotopic (exact) mass is 665 g/mol. The van der Waals surface area contributed by atoms with Crippen LogP contribution in [0.25, 0.3) is 6.08 Å². The Balaban J connectivity index is 1.17. The van der Waals surface area contributed by atoms with Gasteiger partial charge in [-0.05, 0) is 58.7 Å². The van der Waals surface area contributed by atoms with Crippen molar-refractivity contribution in [2.75, 3.05) is 27.2 Å². The van der Waals surface area contributed by atoms with Crippen molar-refractivity contribution in [1.82, 2.24) is 15.5 Å². The zero-order valence-electron chi connectivity index (χ0n) is 27.4. The maximum Gasteiger partial charge on any atom is 0.338 e. The Bertz CT molecular complexity index is 1770. The summed E-state index contributed by atoms with van der Waals surface area (Å²) in [7, 11) is 3.34. The SMILES string of the molecule is CN(C)C(=O)C=Cc1ccc(C(=O)O[C@@H]2CC(C(=O)NCc3cccc(C(=O)NCCO)c3)=C[C@H]3OC4(Cc5ccccc5C4)O[C@H]32)cc1. The lowest BCUT2D eigenvalue weighted by Gasteiger charge is -2.30. The third kappa shape index (κ3) is 7.80. The van der Waals surface area contributed by atoms with Gasteiger partial charge in [0.05, 0.1) is 12.2 Å². The fraction of sp³-hybridized carbons (Fsp3) is 0.316. The van der Waals surface area contributed by atoms with Crippen LogP contribution < -0.4 is 10.6 Å². The molecule has 254 valence electrons. The molecule has 3 N–H and O–H groups in total. The summed E-state index contributed by atoms with van der Waals surface area (Å²) in [6.07, 6.45) is 4.03. The van der Waals surface area contributed by atoms with Gasteiger partial charge >= 0.3 is 5.97 Å². The number of hydrogen-bond donors (Lipinski definition) is 3. The third-order valence-electron chi connectivity index (χ3n) is 8.81. The van der Waals surface area contributed by atoms with E-state index in [1.165, 1.54) is 11.0 Å². The van der Waals surface area contributed by atoms with Crippen LogP contribution in [-0.4, -0.2) is 85.0 Å². The van der Waals surface area contributed by atoms with Gasteiger partial charge in [0.25, 0.3) is 5.91 Å². The molecule has 3 atom stereocenters. The van der Waals surface area contributed by atoms with E-state index in [0.29, 0.717) is 29.5 Å². The van der Waals surface area contributed by atoms with Gasteiger partial charge in [-0.25, -0.2) is 4.79 Å². The molecule has 1 heterocycles. The van der Waals surface area contributed by atoms with E-state index in [4.69, 9.17) is 19.3 Å². The molecule has 0 bridgehead atoms. The summed E-state index contributed by atoms with van der Waals surface area (Å²) in [5.74, 6) is -2.32. The molecule has 1 spiro atoms. The molecule has 1 fully saturated rings. The number of nitrogens with one attached hydrogen (secondary N) is 2. The summed E-state index contributed by atoms with van der Waals surface area (Å²) in [4.78, 5) is 52.7. The molecule has 3 aliphatic rings.